The normalized spacial score (nSPS) is 19.3. The Morgan fingerprint density at radius 1 is 1.48 bits per heavy atom. The number of carbonyl (C=O) groups is 1. The number of nitrogens with two attached hydrogens (primary N) is 1. The molecule has 1 heterocycles. The lowest BCUT2D eigenvalue weighted by atomic mass is 9.77. The largest absolute Gasteiger partial charge is 0.409 e. The van der Waals surface area contributed by atoms with Gasteiger partial charge in [-0.05, 0) is 24.7 Å². The summed E-state index contributed by atoms with van der Waals surface area (Å²) >= 11 is 0. The van der Waals surface area contributed by atoms with E-state index in [9.17, 15) is 4.79 Å². The van der Waals surface area contributed by atoms with E-state index in [1.165, 1.54) is 0 Å². The maximum Gasteiger partial charge on any atom is 0.234 e. The summed E-state index contributed by atoms with van der Waals surface area (Å²) in [6, 6.07) is 0. The van der Waals surface area contributed by atoms with Gasteiger partial charge in [0.2, 0.25) is 5.91 Å². The molecule has 1 amide bonds. The number of carbonyl (C=O) groups excluding carboxylic acids is 1. The zero-order chi connectivity index (χ0) is 15.9. The first kappa shape index (κ1) is 17.7. The molecule has 1 aliphatic heterocycles. The fourth-order valence-electron chi connectivity index (χ4n) is 2.37. The van der Waals surface area contributed by atoms with Crippen LogP contribution < -0.4 is 11.1 Å². The van der Waals surface area contributed by atoms with Gasteiger partial charge in [-0.3, -0.25) is 4.79 Å². The second-order valence-electron chi connectivity index (χ2n) is 6.27. The van der Waals surface area contributed by atoms with E-state index in [0.29, 0.717) is 39.2 Å². The number of amidine groups is 1. The Morgan fingerprint density at radius 2 is 2.10 bits per heavy atom. The van der Waals surface area contributed by atoms with Crippen LogP contribution in [-0.2, 0) is 14.3 Å². The second-order valence-corrected chi connectivity index (χ2v) is 6.27. The van der Waals surface area contributed by atoms with Gasteiger partial charge in [-0.25, -0.2) is 0 Å². The Kier molecular flexibility index (Phi) is 6.42. The minimum atomic E-state index is -0.968. The SMILES string of the molecule is COCCC(C)(C)CNC(=O)C1(C(N)=NO)CCOCC1. The Morgan fingerprint density at radius 3 is 2.62 bits per heavy atom. The summed E-state index contributed by atoms with van der Waals surface area (Å²) < 4.78 is 10.4. The molecule has 0 radical (unpaired) electrons. The van der Waals surface area contributed by atoms with Crippen molar-refractivity contribution in [3.63, 3.8) is 0 Å². The maximum atomic E-state index is 12.6. The van der Waals surface area contributed by atoms with Crippen molar-refractivity contribution in [1.82, 2.24) is 5.32 Å². The van der Waals surface area contributed by atoms with E-state index in [-0.39, 0.29) is 17.2 Å². The van der Waals surface area contributed by atoms with Crippen LogP contribution >= 0.6 is 0 Å². The summed E-state index contributed by atoms with van der Waals surface area (Å²) in [4.78, 5) is 12.6. The molecule has 0 aromatic carbocycles. The molecular weight excluding hydrogens is 274 g/mol. The van der Waals surface area contributed by atoms with Crippen molar-refractivity contribution >= 4 is 11.7 Å². The smallest absolute Gasteiger partial charge is 0.234 e. The van der Waals surface area contributed by atoms with Crippen LogP contribution in [0, 0.1) is 10.8 Å². The van der Waals surface area contributed by atoms with Gasteiger partial charge in [-0.15, -0.1) is 0 Å². The molecule has 1 fully saturated rings. The number of oxime groups is 1. The van der Waals surface area contributed by atoms with Gasteiger partial charge in [-0.1, -0.05) is 19.0 Å². The molecule has 0 saturated carbocycles. The van der Waals surface area contributed by atoms with E-state index in [1.807, 2.05) is 0 Å². The van der Waals surface area contributed by atoms with Crippen molar-refractivity contribution in [2.45, 2.75) is 33.1 Å². The van der Waals surface area contributed by atoms with Crippen LogP contribution in [-0.4, -0.2) is 50.4 Å². The highest BCUT2D eigenvalue weighted by molar-refractivity contribution is 6.06. The van der Waals surface area contributed by atoms with Gasteiger partial charge >= 0.3 is 0 Å². The van der Waals surface area contributed by atoms with E-state index >= 15 is 0 Å². The van der Waals surface area contributed by atoms with Crippen molar-refractivity contribution in [1.29, 1.82) is 0 Å². The number of hydrogen-bond acceptors (Lipinski definition) is 5. The average molecular weight is 301 g/mol. The van der Waals surface area contributed by atoms with Crippen molar-refractivity contribution in [2.24, 2.45) is 21.7 Å². The van der Waals surface area contributed by atoms with Crippen LogP contribution in [0.3, 0.4) is 0 Å². The Labute approximate surface area is 125 Å². The molecule has 0 bridgehead atoms. The van der Waals surface area contributed by atoms with Crippen LogP contribution in [0.15, 0.2) is 5.16 Å². The Hall–Kier alpha value is -1.34. The van der Waals surface area contributed by atoms with E-state index in [0.717, 1.165) is 6.42 Å². The van der Waals surface area contributed by atoms with Crippen LogP contribution in [0.1, 0.15) is 33.1 Å². The summed E-state index contributed by atoms with van der Waals surface area (Å²) in [5.74, 6) is -0.246. The number of amides is 1. The molecule has 0 atom stereocenters. The first-order valence-corrected chi connectivity index (χ1v) is 7.21. The fraction of sp³-hybridized carbons (Fsp3) is 0.857. The topological polar surface area (TPSA) is 106 Å². The molecule has 1 saturated heterocycles. The Bertz CT molecular complexity index is 376. The number of nitrogens with one attached hydrogen (secondary N) is 1. The highest BCUT2D eigenvalue weighted by atomic mass is 16.5. The van der Waals surface area contributed by atoms with E-state index in [4.69, 9.17) is 20.4 Å². The molecule has 0 aromatic heterocycles. The van der Waals surface area contributed by atoms with Crippen LogP contribution in [0.4, 0.5) is 0 Å². The quantitative estimate of drug-likeness (QED) is 0.278. The van der Waals surface area contributed by atoms with E-state index in [1.54, 1.807) is 7.11 Å². The van der Waals surface area contributed by atoms with Gasteiger partial charge in [0.25, 0.3) is 0 Å². The summed E-state index contributed by atoms with van der Waals surface area (Å²) in [5.41, 5.74) is 4.72. The summed E-state index contributed by atoms with van der Waals surface area (Å²) in [6.07, 6.45) is 1.68. The fourth-order valence-corrected chi connectivity index (χ4v) is 2.37. The monoisotopic (exact) mass is 301 g/mol. The van der Waals surface area contributed by atoms with Crippen LogP contribution in [0.5, 0.6) is 0 Å². The number of nitrogens with zero attached hydrogens (tertiary/aromatic N) is 1. The lowest BCUT2D eigenvalue weighted by Gasteiger charge is -2.35. The molecule has 21 heavy (non-hydrogen) atoms. The molecule has 7 nitrogen and oxygen atoms in total. The van der Waals surface area contributed by atoms with E-state index in [2.05, 4.69) is 24.3 Å². The predicted molar refractivity (Wildman–Crippen MR) is 79.2 cm³/mol. The predicted octanol–water partition coefficient (Wildman–Crippen LogP) is 0.709. The number of ether oxygens (including phenoxy) is 2. The molecule has 0 aliphatic carbocycles. The lowest BCUT2D eigenvalue weighted by molar-refractivity contribution is -0.132. The molecule has 4 N–H and O–H groups in total. The summed E-state index contributed by atoms with van der Waals surface area (Å²) in [5, 5.41) is 15.0. The first-order chi connectivity index (χ1) is 9.88. The average Bonchev–Trinajstić information content (AvgIpc) is 2.50. The second kappa shape index (κ2) is 7.61. The molecule has 0 spiro atoms. The number of rotatable bonds is 7. The maximum absolute atomic E-state index is 12.6. The third-order valence-corrected chi connectivity index (χ3v) is 4.09. The Balaban J connectivity index is 2.70. The zero-order valence-corrected chi connectivity index (χ0v) is 13.1. The van der Waals surface area contributed by atoms with Crippen molar-refractivity contribution in [2.75, 3.05) is 33.5 Å². The van der Waals surface area contributed by atoms with Crippen molar-refractivity contribution < 1.29 is 19.5 Å². The number of methoxy groups -OCH3 is 1. The standard InChI is InChI=1S/C14H27N3O4/c1-13(2,4-7-20-3)10-16-12(18)14(11(15)17-19)5-8-21-9-6-14/h19H,4-10H2,1-3H3,(H2,15,17)(H,16,18). The first-order valence-electron chi connectivity index (χ1n) is 7.21. The molecule has 1 rings (SSSR count). The molecule has 0 aromatic rings. The highest BCUT2D eigenvalue weighted by Crippen LogP contribution is 2.31. The van der Waals surface area contributed by atoms with Gasteiger partial charge in [0.15, 0.2) is 5.84 Å². The van der Waals surface area contributed by atoms with Gasteiger partial charge in [0, 0.05) is 33.5 Å². The van der Waals surface area contributed by atoms with Gasteiger partial charge < -0.3 is 25.7 Å². The third-order valence-electron chi connectivity index (χ3n) is 4.09. The highest BCUT2D eigenvalue weighted by Gasteiger charge is 2.44. The molecule has 1 aliphatic rings. The number of hydrogen-bond donors (Lipinski definition) is 3. The molecular formula is C14H27N3O4. The molecule has 122 valence electrons. The van der Waals surface area contributed by atoms with Crippen LogP contribution in [0.2, 0.25) is 0 Å². The lowest BCUT2D eigenvalue weighted by Crippen LogP contribution is -2.54. The van der Waals surface area contributed by atoms with Crippen molar-refractivity contribution in [3.05, 3.63) is 0 Å². The van der Waals surface area contributed by atoms with E-state index < -0.39 is 5.41 Å². The minimum Gasteiger partial charge on any atom is -0.409 e. The molecule has 0 unspecified atom stereocenters. The van der Waals surface area contributed by atoms with Gasteiger partial charge in [0.1, 0.15) is 5.41 Å². The van der Waals surface area contributed by atoms with Crippen LogP contribution in [0.25, 0.3) is 0 Å². The minimum absolute atomic E-state index is 0.0435. The van der Waals surface area contributed by atoms with Gasteiger partial charge in [-0.2, -0.15) is 0 Å². The summed E-state index contributed by atoms with van der Waals surface area (Å²) in [6.45, 7) is 6.13. The van der Waals surface area contributed by atoms with Crippen molar-refractivity contribution in [3.8, 4) is 0 Å². The third kappa shape index (κ3) is 4.57. The molecule has 7 heteroatoms. The zero-order valence-electron chi connectivity index (χ0n) is 13.1. The summed E-state index contributed by atoms with van der Waals surface area (Å²) in [7, 11) is 1.66. The van der Waals surface area contributed by atoms with Gasteiger partial charge in [0.05, 0.1) is 0 Å².